The number of nitrogen functional groups attached to an aromatic ring is 2. The van der Waals surface area contributed by atoms with Crippen molar-refractivity contribution >= 4 is 60.2 Å². The standard InChI is InChI=1S/C22H25N9O12P2S/c23-18-8-2-25-1-7(11(8)26-5-27-18)15-14(33)16-10(40-15)4-39-45(37,46)43-17-13(32)9(3-38-44(35,36)42-16)41-21(17)31-6-28-12-19(31)29-22(24)30-20(12)34/h1-2,5-6,9-10,13-17,21,32-33H,3-4H2,(H,35,36)(H,37,46)(H2,23,26,27)(H3,24,29,30,34)/t9-,10-,13?,14-,15+,16?,17+,21-,45?/m1/s1. The van der Waals surface area contributed by atoms with Gasteiger partial charge in [0.25, 0.3) is 5.56 Å². The molecule has 0 amide bonds. The molecule has 3 aliphatic heterocycles. The van der Waals surface area contributed by atoms with Crippen molar-refractivity contribution < 1.29 is 52.1 Å². The number of imidazole rings is 1. The number of hydrogen-bond donors (Lipinski definition) is 7. The van der Waals surface area contributed by atoms with E-state index < -0.39 is 82.3 Å². The molecule has 2 bridgehead atoms. The minimum absolute atomic E-state index is 0.0600. The Kier molecular flexibility index (Phi) is 7.92. The molecule has 24 heteroatoms. The van der Waals surface area contributed by atoms with Crippen molar-refractivity contribution in [3.8, 4) is 0 Å². The minimum atomic E-state index is -5.02. The van der Waals surface area contributed by atoms with Crippen LogP contribution in [0.5, 0.6) is 0 Å². The molecular formula is C22H25N9O12P2S. The number of aromatic amines is 1. The SMILES string of the molecule is Nc1nc2c(ncn2[C@@H]2O[C@@H]3COP(=O)(O)OC4[C@@H](COP(O)(=S)O[C@H]2C3O)O[C@@H](c2cncc3c(N)ncnc23)[C@H]4O)c(=O)[nH]1. The summed E-state index contributed by atoms with van der Waals surface area (Å²) in [7, 11) is -5.02. The Labute approximate surface area is 261 Å². The zero-order valence-corrected chi connectivity index (χ0v) is 25.6. The maximum Gasteiger partial charge on any atom is 0.472 e. The molecular weight excluding hydrogens is 676 g/mol. The summed E-state index contributed by atoms with van der Waals surface area (Å²) in [5.41, 5.74) is 11.3. The largest absolute Gasteiger partial charge is 0.472 e. The van der Waals surface area contributed by atoms with E-state index in [1.54, 1.807) is 0 Å². The molecule has 0 spiro atoms. The van der Waals surface area contributed by atoms with E-state index in [4.69, 9.17) is 50.8 Å². The van der Waals surface area contributed by atoms with Crippen molar-refractivity contribution in [3.63, 3.8) is 0 Å². The Hall–Kier alpha value is -3.08. The number of aliphatic hydroxyl groups excluding tert-OH is 2. The molecule has 46 heavy (non-hydrogen) atoms. The third-order valence-corrected chi connectivity index (χ3v) is 10.1. The van der Waals surface area contributed by atoms with Crippen molar-refractivity contribution in [3.05, 3.63) is 41.0 Å². The maximum atomic E-state index is 13.2. The highest BCUT2D eigenvalue weighted by atomic mass is 32.5. The van der Waals surface area contributed by atoms with E-state index in [9.17, 15) is 29.4 Å². The van der Waals surface area contributed by atoms with Gasteiger partial charge in [0.05, 0.1) is 30.4 Å². The summed E-state index contributed by atoms with van der Waals surface area (Å²) in [6.45, 7) is -5.66. The number of H-pyrrole nitrogens is 1. The van der Waals surface area contributed by atoms with E-state index in [1.807, 2.05) is 0 Å². The molecule has 0 aliphatic carbocycles. The Balaban J connectivity index is 1.21. The highest BCUT2D eigenvalue weighted by molar-refractivity contribution is 8.07. The second-order valence-corrected chi connectivity index (χ2v) is 14.7. The Morgan fingerprint density at radius 2 is 1.76 bits per heavy atom. The lowest BCUT2D eigenvalue weighted by molar-refractivity contribution is -0.0607. The van der Waals surface area contributed by atoms with Crippen molar-refractivity contribution in [2.45, 2.75) is 49.0 Å². The number of hydrogen-bond acceptors (Lipinski definition) is 18. The summed E-state index contributed by atoms with van der Waals surface area (Å²) < 4.78 is 48.0. The number of pyridine rings is 1. The average molecular weight is 702 g/mol. The molecule has 4 aromatic rings. The quantitative estimate of drug-likeness (QED) is 0.117. The van der Waals surface area contributed by atoms with Gasteiger partial charge < -0.3 is 45.5 Å². The number of aliphatic hydroxyl groups is 2. The van der Waals surface area contributed by atoms with Gasteiger partial charge in [-0.3, -0.25) is 32.9 Å². The molecule has 3 saturated heterocycles. The zero-order chi connectivity index (χ0) is 32.5. The smallest absolute Gasteiger partial charge is 0.387 e. The number of phosphoric ester groups is 1. The average Bonchev–Trinajstić information content (AvgIpc) is 3.64. The summed E-state index contributed by atoms with van der Waals surface area (Å²) in [6.07, 6.45) is -6.50. The van der Waals surface area contributed by atoms with E-state index in [2.05, 4.69) is 29.9 Å². The van der Waals surface area contributed by atoms with E-state index >= 15 is 0 Å². The van der Waals surface area contributed by atoms with Gasteiger partial charge in [0, 0.05) is 18.0 Å². The monoisotopic (exact) mass is 701 g/mol. The molecule has 0 radical (unpaired) electrons. The fourth-order valence-electron chi connectivity index (χ4n) is 5.51. The predicted molar refractivity (Wildman–Crippen MR) is 156 cm³/mol. The first-order chi connectivity index (χ1) is 21.8. The maximum absolute atomic E-state index is 13.2. The van der Waals surface area contributed by atoms with E-state index in [0.717, 1.165) is 6.33 Å². The zero-order valence-electron chi connectivity index (χ0n) is 23.0. The summed E-state index contributed by atoms with van der Waals surface area (Å²) >= 11 is 5.23. The molecule has 3 fully saturated rings. The highest BCUT2D eigenvalue weighted by Gasteiger charge is 2.53. The van der Waals surface area contributed by atoms with Crippen molar-refractivity contribution in [1.29, 1.82) is 0 Å². The van der Waals surface area contributed by atoms with Gasteiger partial charge in [-0.05, 0) is 11.8 Å². The van der Waals surface area contributed by atoms with E-state index in [1.165, 1.54) is 23.3 Å². The first kappa shape index (κ1) is 31.5. The molecule has 21 nitrogen and oxygen atoms in total. The molecule has 3 aliphatic rings. The van der Waals surface area contributed by atoms with Crippen LogP contribution >= 0.6 is 14.5 Å². The predicted octanol–water partition coefficient (Wildman–Crippen LogP) is -1.48. The second-order valence-electron chi connectivity index (χ2n) is 10.5. The van der Waals surface area contributed by atoms with Crippen LogP contribution in [0.3, 0.4) is 0 Å². The van der Waals surface area contributed by atoms with Crippen LogP contribution in [0.4, 0.5) is 11.8 Å². The summed E-state index contributed by atoms with van der Waals surface area (Å²) in [5.74, 6) is -0.125. The number of nitrogens with two attached hydrogens (primary N) is 2. The third kappa shape index (κ3) is 5.60. The normalized spacial score (nSPS) is 37.0. The number of aromatic nitrogens is 7. The summed E-state index contributed by atoms with van der Waals surface area (Å²) in [4.78, 5) is 56.7. The van der Waals surface area contributed by atoms with Gasteiger partial charge in [0.15, 0.2) is 17.4 Å². The molecule has 7 rings (SSSR count). The van der Waals surface area contributed by atoms with Crippen molar-refractivity contribution in [2.75, 3.05) is 24.7 Å². The number of anilines is 2. The molecule has 4 unspecified atom stereocenters. The molecule has 7 heterocycles. The number of phosphoric acid groups is 1. The van der Waals surface area contributed by atoms with Gasteiger partial charge in [0.2, 0.25) is 5.95 Å². The van der Waals surface area contributed by atoms with Gasteiger partial charge in [-0.25, -0.2) is 19.5 Å². The van der Waals surface area contributed by atoms with Crippen molar-refractivity contribution in [2.24, 2.45) is 0 Å². The fourth-order valence-corrected chi connectivity index (χ4v) is 7.89. The van der Waals surface area contributed by atoms with Crippen LogP contribution < -0.4 is 17.0 Å². The van der Waals surface area contributed by atoms with Crippen LogP contribution in [0.25, 0.3) is 22.1 Å². The number of fused-ring (bicyclic) bond motifs is 5. The van der Waals surface area contributed by atoms with Crippen LogP contribution in [-0.4, -0.2) is 104 Å². The van der Waals surface area contributed by atoms with E-state index in [0.29, 0.717) is 10.9 Å². The Morgan fingerprint density at radius 3 is 2.57 bits per heavy atom. The third-order valence-electron chi connectivity index (χ3n) is 7.60. The second kappa shape index (κ2) is 11.6. The molecule has 4 aromatic heterocycles. The summed E-state index contributed by atoms with van der Waals surface area (Å²) in [5, 5.41) is 22.8. The number of nitrogens with zero attached hydrogens (tertiary/aromatic N) is 6. The minimum Gasteiger partial charge on any atom is -0.387 e. The van der Waals surface area contributed by atoms with Crippen LogP contribution in [0.2, 0.25) is 0 Å². The first-order valence-electron chi connectivity index (χ1n) is 13.4. The van der Waals surface area contributed by atoms with Crippen LogP contribution in [0, 0.1) is 0 Å². The number of nitrogens with one attached hydrogen (secondary N) is 1. The Bertz CT molecular complexity index is 1980. The number of ether oxygens (including phenoxy) is 2. The van der Waals surface area contributed by atoms with Gasteiger partial charge in [-0.1, -0.05) is 0 Å². The van der Waals surface area contributed by atoms with E-state index in [-0.39, 0.29) is 28.5 Å². The van der Waals surface area contributed by atoms with Crippen LogP contribution in [0.15, 0.2) is 29.8 Å². The lowest BCUT2D eigenvalue weighted by atomic mass is 10.0. The topological polar surface area (TPSA) is 308 Å². The van der Waals surface area contributed by atoms with Gasteiger partial charge in [-0.2, -0.15) is 4.98 Å². The van der Waals surface area contributed by atoms with Crippen LogP contribution in [-0.2, 0) is 43.9 Å². The molecule has 246 valence electrons. The lowest BCUT2D eigenvalue weighted by Crippen LogP contribution is -2.36. The van der Waals surface area contributed by atoms with Gasteiger partial charge in [0.1, 0.15) is 54.9 Å². The fraction of sp³-hybridized carbons (Fsp3) is 0.455. The van der Waals surface area contributed by atoms with Crippen LogP contribution in [0.1, 0.15) is 17.9 Å². The molecule has 0 saturated carbocycles. The first-order valence-corrected chi connectivity index (χ1v) is 17.5. The lowest BCUT2D eigenvalue weighted by Gasteiger charge is -2.27. The molecule has 9 N–H and O–H groups in total. The van der Waals surface area contributed by atoms with Gasteiger partial charge in [-0.15, -0.1) is 0 Å². The molecule has 0 aromatic carbocycles. The number of rotatable bonds is 2. The molecule has 10 atom stereocenters. The Morgan fingerprint density at radius 1 is 0.978 bits per heavy atom. The van der Waals surface area contributed by atoms with Gasteiger partial charge >= 0.3 is 14.5 Å². The summed E-state index contributed by atoms with van der Waals surface area (Å²) in [6, 6.07) is 0. The van der Waals surface area contributed by atoms with Crippen molar-refractivity contribution in [1.82, 2.24) is 34.5 Å². The highest BCUT2D eigenvalue weighted by Crippen LogP contribution is 2.54.